The molecule has 23 heavy (non-hydrogen) atoms. The highest BCUT2D eigenvalue weighted by Gasteiger charge is 2.15. The van der Waals surface area contributed by atoms with Gasteiger partial charge in [0.1, 0.15) is 5.82 Å². The molecule has 0 saturated heterocycles. The van der Waals surface area contributed by atoms with Crippen LogP contribution in [0, 0.1) is 5.82 Å². The van der Waals surface area contributed by atoms with E-state index in [0.29, 0.717) is 5.39 Å². The van der Waals surface area contributed by atoms with Crippen LogP contribution in [0.4, 0.5) is 10.1 Å². The number of hydrogen-bond donors (Lipinski definition) is 1. The molecule has 2 aromatic carbocycles. The van der Waals surface area contributed by atoms with Crippen LogP contribution in [-0.2, 0) is 7.05 Å². The molecule has 0 aliphatic carbocycles. The van der Waals surface area contributed by atoms with E-state index in [-0.39, 0.29) is 17.1 Å². The Bertz CT molecular complexity index is 950. The van der Waals surface area contributed by atoms with Gasteiger partial charge < -0.3 is 9.67 Å². The van der Waals surface area contributed by atoms with Gasteiger partial charge in [-0.3, -0.25) is 4.79 Å². The molecule has 0 atom stereocenters. The Morgan fingerprint density at radius 1 is 1.26 bits per heavy atom. The van der Waals surface area contributed by atoms with Crippen LogP contribution in [0.1, 0.15) is 10.4 Å². The molecule has 3 rings (SSSR count). The maximum Gasteiger partial charge on any atom is 0.295 e. The van der Waals surface area contributed by atoms with Crippen LogP contribution in [-0.4, -0.2) is 15.6 Å². The number of aromatic nitrogens is 1. The molecule has 0 unspecified atom stereocenters. The number of amides is 1. The van der Waals surface area contributed by atoms with Gasteiger partial charge in [0.05, 0.1) is 5.52 Å². The average Bonchev–Trinajstić information content (AvgIpc) is 2.76. The minimum absolute atomic E-state index is 0.0923. The van der Waals surface area contributed by atoms with Crippen LogP contribution in [0.5, 0.6) is 5.88 Å². The van der Waals surface area contributed by atoms with Crippen molar-refractivity contribution in [3.8, 4) is 5.88 Å². The highest BCUT2D eigenvalue weighted by Crippen LogP contribution is 2.39. The average molecular weight is 376 g/mol. The first-order chi connectivity index (χ1) is 11.0. The summed E-state index contributed by atoms with van der Waals surface area (Å²) in [7, 11) is 1.68. The number of hydrogen-bond acceptors (Lipinski definition) is 3. The maximum absolute atomic E-state index is 13.1. The Hall–Kier alpha value is -2.54. The van der Waals surface area contributed by atoms with E-state index in [1.54, 1.807) is 17.7 Å². The molecule has 0 spiro atoms. The van der Waals surface area contributed by atoms with Crippen molar-refractivity contribution in [1.82, 2.24) is 4.57 Å². The van der Waals surface area contributed by atoms with E-state index in [0.717, 1.165) is 16.1 Å². The summed E-state index contributed by atoms with van der Waals surface area (Å²) in [5.74, 6) is -1.31. The van der Waals surface area contributed by atoms with Crippen LogP contribution >= 0.6 is 15.9 Å². The lowest BCUT2D eigenvalue weighted by atomic mass is 10.2. The van der Waals surface area contributed by atoms with E-state index in [1.165, 1.54) is 18.2 Å². The molecule has 7 heteroatoms. The number of fused-ring (bicyclic) bond motifs is 1. The van der Waals surface area contributed by atoms with Crippen molar-refractivity contribution in [2.45, 2.75) is 0 Å². The summed E-state index contributed by atoms with van der Waals surface area (Å²) < 4.78 is 15.5. The fourth-order valence-electron chi connectivity index (χ4n) is 2.26. The molecular weight excluding hydrogens is 365 g/mol. The van der Waals surface area contributed by atoms with Crippen molar-refractivity contribution in [3.63, 3.8) is 0 Å². The van der Waals surface area contributed by atoms with Crippen molar-refractivity contribution in [2.24, 2.45) is 17.3 Å². The van der Waals surface area contributed by atoms with Gasteiger partial charge in [-0.1, -0.05) is 22.0 Å². The zero-order chi connectivity index (χ0) is 16.6. The van der Waals surface area contributed by atoms with Crippen molar-refractivity contribution in [3.05, 3.63) is 58.3 Å². The monoisotopic (exact) mass is 375 g/mol. The molecule has 1 amide bonds. The Morgan fingerprint density at radius 3 is 2.78 bits per heavy atom. The summed E-state index contributed by atoms with van der Waals surface area (Å²) in [5, 5.41) is 18.3. The van der Waals surface area contributed by atoms with Crippen molar-refractivity contribution >= 4 is 38.4 Å². The second kappa shape index (κ2) is 5.92. The molecule has 0 saturated carbocycles. The number of aryl methyl sites for hydroxylation is 1. The molecule has 1 aromatic heterocycles. The SMILES string of the molecule is Cn1c(O)c(N=NC(=O)c2cccc(F)c2)c2cc(Br)ccc21. The highest BCUT2D eigenvalue weighted by molar-refractivity contribution is 9.10. The second-order valence-corrected chi connectivity index (χ2v) is 5.82. The lowest BCUT2D eigenvalue weighted by Gasteiger charge is -1.96. The quantitative estimate of drug-likeness (QED) is 0.659. The molecule has 0 aliphatic rings. The van der Waals surface area contributed by atoms with Crippen molar-refractivity contribution in [1.29, 1.82) is 0 Å². The first-order valence-corrected chi connectivity index (χ1v) is 7.45. The third-order valence-corrected chi connectivity index (χ3v) is 3.91. The number of rotatable bonds is 2. The number of carbonyl (C=O) groups is 1. The fourth-order valence-corrected chi connectivity index (χ4v) is 2.62. The Kier molecular flexibility index (Phi) is 3.96. The van der Waals surface area contributed by atoms with Gasteiger partial charge in [0.2, 0.25) is 5.88 Å². The zero-order valence-electron chi connectivity index (χ0n) is 12.0. The summed E-state index contributed by atoms with van der Waals surface area (Å²) in [6, 6.07) is 10.6. The summed E-state index contributed by atoms with van der Waals surface area (Å²) in [6.45, 7) is 0. The Labute approximate surface area is 139 Å². The lowest BCUT2D eigenvalue weighted by molar-refractivity contribution is 0.0994. The molecule has 3 aromatic rings. The molecule has 1 heterocycles. The minimum atomic E-state index is -0.684. The fraction of sp³-hybridized carbons (Fsp3) is 0.0625. The first-order valence-electron chi connectivity index (χ1n) is 6.66. The zero-order valence-corrected chi connectivity index (χ0v) is 13.6. The summed E-state index contributed by atoms with van der Waals surface area (Å²) in [4.78, 5) is 12.0. The molecule has 1 N–H and O–H groups in total. The van der Waals surface area contributed by atoms with Crippen LogP contribution in [0.25, 0.3) is 10.9 Å². The molecule has 0 fully saturated rings. The lowest BCUT2D eigenvalue weighted by Crippen LogP contribution is -1.93. The molecule has 0 radical (unpaired) electrons. The normalized spacial score (nSPS) is 11.4. The van der Waals surface area contributed by atoms with Crippen molar-refractivity contribution in [2.75, 3.05) is 0 Å². The van der Waals surface area contributed by atoms with Gasteiger partial charge in [-0.25, -0.2) is 4.39 Å². The van der Waals surface area contributed by atoms with Crippen LogP contribution in [0.15, 0.2) is 57.2 Å². The third-order valence-electron chi connectivity index (χ3n) is 3.42. The third kappa shape index (κ3) is 2.87. The predicted octanol–water partition coefficient (Wildman–Crippen LogP) is 4.71. The Morgan fingerprint density at radius 2 is 2.04 bits per heavy atom. The largest absolute Gasteiger partial charge is 0.493 e. The van der Waals surface area contributed by atoms with Crippen molar-refractivity contribution < 1.29 is 14.3 Å². The summed E-state index contributed by atoms with van der Waals surface area (Å²) >= 11 is 3.35. The predicted molar refractivity (Wildman–Crippen MR) is 87.5 cm³/mol. The van der Waals surface area contributed by atoms with Gasteiger partial charge in [-0.15, -0.1) is 10.2 Å². The minimum Gasteiger partial charge on any atom is -0.493 e. The van der Waals surface area contributed by atoms with Gasteiger partial charge in [-0.2, -0.15) is 0 Å². The van der Waals surface area contributed by atoms with Gasteiger partial charge in [-0.05, 0) is 36.4 Å². The van der Waals surface area contributed by atoms with Crippen LogP contribution in [0.2, 0.25) is 0 Å². The van der Waals surface area contributed by atoms with E-state index in [1.807, 2.05) is 12.1 Å². The number of azo groups is 1. The molecule has 5 nitrogen and oxygen atoms in total. The molecule has 116 valence electrons. The van der Waals surface area contributed by atoms with Crippen LogP contribution in [0.3, 0.4) is 0 Å². The number of benzene rings is 2. The second-order valence-electron chi connectivity index (χ2n) is 4.91. The van der Waals surface area contributed by atoms with Gasteiger partial charge in [0.25, 0.3) is 5.91 Å². The van der Waals surface area contributed by atoms with E-state index >= 15 is 0 Å². The number of aromatic hydroxyl groups is 1. The number of halogens is 2. The number of nitrogens with zero attached hydrogens (tertiary/aromatic N) is 3. The van der Waals surface area contributed by atoms with Gasteiger partial charge in [0.15, 0.2) is 5.69 Å². The maximum atomic E-state index is 13.1. The standard InChI is InChI=1S/C16H11BrFN3O2/c1-21-13-6-5-10(17)8-12(13)14(16(21)23)19-20-15(22)9-3-2-4-11(18)7-9/h2-8,23H,1H3. The molecule has 0 bridgehead atoms. The first kappa shape index (κ1) is 15.4. The summed E-state index contributed by atoms with van der Waals surface area (Å²) in [5.41, 5.74) is 1.03. The highest BCUT2D eigenvalue weighted by atomic mass is 79.9. The molecular formula is C16H11BrFN3O2. The number of carbonyl (C=O) groups excluding carboxylic acids is 1. The van der Waals surface area contributed by atoms with Crippen LogP contribution < -0.4 is 0 Å². The summed E-state index contributed by atoms with van der Waals surface area (Å²) in [6.07, 6.45) is 0. The van der Waals surface area contributed by atoms with E-state index < -0.39 is 11.7 Å². The smallest absolute Gasteiger partial charge is 0.295 e. The van der Waals surface area contributed by atoms with E-state index in [4.69, 9.17) is 0 Å². The molecule has 0 aliphatic heterocycles. The van der Waals surface area contributed by atoms with Gasteiger partial charge in [0, 0.05) is 22.5 Å². The topological polar surface area (TPSA) is 66.9 Å². The Balaban J connectivity index is 2.03. The van der Waals surface area contributed by atoms with Gasteiger partial charge >= 0.3 is 0 Å². The van der Waals surface area contributed by atoms with E-state index in [9.17, 15) is 14.3 Å². The van der Waals surface area contributed by atoms with E-state index in [2.05, 4.69) is 26.2 Å².